The van der Waals surface area contributed by atoms with E-state index in [1.807, 2.05) is 25.1 Å². The highest BCUT2D eigenvalue weighted by Gasteiger charge is 2.15. The Morgan fingerprint density at radius 1 is 0.886 bits per heavy atom. The van der Waals surface area contributed by atoms with Crippen LogP contribution in [0.5, 0.6) is 0 Å². The lowest BCUT2D eigenvalue weighted by Gasteiger charge is -2.28. The highest BCUT2D eigenvalue weighted by atomic mass is 35.5. The van der Waals surface area contributed by atoms with Crippen molar-refractivity contribution in [3.05, 3.63) is 45.7 Å². The fourth-order valence-electron chi connectivity index (χ4n) is 3.97. The van der Waals surface area contributed by atoms with Gasteiger partial charge in [0.15, 0.2) is 0 Å². The van der Waals surface area contributed by atoms with Crippen molar-refractivity contribution >= 4 is 34.8 Å². The number of nitrogens with zero attached hydrogens (tertiary/aromatic N) is 4. The summed E-state index contributed by atoms with van der Waals surface area (Å²) in [5, 5.41) is 10.3. The molecule has 4 heterocycles. The summed E-state index contributed by atoms with van der Waals surface area (Å²) in [5.74, 6) is 1.81. The van der Waals surface area contributed by atoms with E-state index in [1.54, 1.807) is 6.07 Å². The molecular formula is C25H36Cl2N4O4. The Morgan fingerprint density at radius 2 is 1.37 bits per heavy atom. The first-order valence-corrected chi connectivity index (χ1v) is 12.9. The second-order valence-corrected chi connectivity index (χ2v) is 9.29. The predicted molar refractivity (Wildman–Crippen MR) is 140 cm³/mol. The highest BCUT2D eigenvalue weighted by Crippen LogP contribution is 2.22. The Hall–Kier alpha value is -1.68. The van der Waals surface area contributed by atoms with Crippen molar-refractivity contribution in [2.75, 3.05) is 75.6 Å². The van der Waals surface area contributed by atoms with Crippen LogP contribution in [0.3, 0.4) is 0 Å². The van der Waals surface area contributed by atoms with E-state index in [9.17, 15) is 0 Å². The van der Waals surface area contributed by atoms with Gasteiger partial charge in [0.2, 0.25) is 0 Å². The van der Waals surface area contributed by atoms with Gasteiger partial charge in [-0.15, -0.1) is 0 Å². The van der Waals surface area contributed by atoms with Crippen molar-refractivity contribution in [2.45, 2.75) is 32.8 Å². The summed E-state index contributed by atoms with van der Waals surface area (Å²) < 4.78 is 16.2. The third-order valence-electron chi connectivity index (χ3n) is 5.65. The topological polar surface area (TPSA) is 80.2 Å². The Kier molecular flexibility index (Phi) is 11.8. The zero-order valence-electron chi connectivity index (χ0n) is 20.6. The van der Waals surface area contributed by atoms with Gasteiger partial charge in [-0.05, 0) is 38.1 Å². The van der Waals surface area contributed by atoms with Crippen molar-refractivity contribution in [1.29, 1.82) is 0 Å². The lowest BCUT2D eigenvalue weighted by molar-refractivity contribution is 0.0761. The van der Waals surface area contributed by atoms with E-state index in [-0.39, 0.29) is 12.7 Å². The van der Waals surface area contributed by atoms with Gasteiger partial charge in [0, 0.05) is 73.7 Å². The van der Waals surface area contributed by atoms with Crippen molar-refractivity contribution in [2.24, 2.45) is 0 Å². The summed E-state index contributed by atoms with van der Waals surface area (Å²) in [5.41, 5.74) is 1.81. The number of pyridine rings is 2. The summed E-state index contributed by atoms with van der Waals surface area (Å²) in [6.07, 6.45) is 1.48. The van der Waals surface area contributed by atoms with Gasteiger partial charge in [0.05, 0.1) is 32.5 Å². The summed E-state index contributed by atoms with van der Waals surface area (Å²) in [7, 11) is 0. The summed E-state index contributed by atoms with van der Waals surface area (Å²) in [6.45, 7) is 11.2. The van der Waals surface area contributed by atoms with Crippen molar-refractivity contribution in [3.63, 3.8) is 0 Å². The first-order valence-electron chi connectivity index (χ1n) is 12.2. The van der Waals surface area contributed by atoms with Crippen LogP contribution in [-0.4, -0.2) is 87.0 Å². The lowest BCUT2D eigenvalue weighted by Crippen LogP contribution is -2.36. The first kappa shape index (κ1) is 27.9. The summed E-state index contributed by atoms with van der Waals surface area (Å²) >= 11 is 12.2. The second-order valence-electron chi connectivity index (χ2n) is 8.41. The van der Waals surface area contributed by atoms with Gasteiger partial charge in [0.25, 0.3) is 0 Å². The molecule has 2 aliphatic rings. The van der Waals surface area contributed by atoms with E-state index < -0.39 is 0 Å². The molecule has 1 atom stereocenters. The first-order chi connectivity index (χ1) is 17.0. The maximum absolute atomic E-state index is 8.90. The Morgan fingerprint density at radius 3 is 1.86 bits per heavy atom. The van der Waals surface area contributed by atoms with Gasteiger partial charge < -0.3 is 29.1 Å². The maximum atomic E-state index is 8.90. The van der Waals surface area contributed by atoms with E-state index in [0.29, 0.717) is 11.4 Å². The number of anilines is 2. The van der Waals surface area contributed by atoms with Crippen LogP contribution in [0.15, 0.2) is 24.3 Å². The molecule has 194 valence electrons. The molecule has 35 heavy (non-hydrogen) atoms. The van der Waals surface area contributed by atoms with E-state index in [0.717, 1.165) is 93.7 Å². The quantitative estimate of drug-likeness (QED) is 0.558. The van der Waals surface area contributed by atoms with Crippen LogP contribution >= 0.6 is 23.2 Å². The SMILES string of the molecule is CCOC(C)Cc1cc(Cl)cc(N2CCOCC2)n1.OCCc1cc(Cl)cc(N2CCOCC2)n1. The smallest absolute Gasteiger partial charge is 0.130 e. The minimum Gasteiger partial charge on any atom is -0.396 e. The van der Waals surface area contributed by atoms with Gasteiger partial charge in [-0.3, -0.25) is 0 Å². The fourth-order valence-corrected chi connectivity index (χ4v) is 4.41. The van der Waals surface area contributed by atoms with Crippen LogP contribution in [0.1, 0.15) is 25.2 Å². The van der Waals surface area contributed by atoms with Gasteiger partial charge in [0.1, 0.15) is 11.6 Å². The molecule has 0 bridgehead atoms. The van der Waals surface area contributed by atoms with Gasteiger partial charge in [-0.1, -0.05) is 23.2 Å². The average Bonchev–Trinajstić information content (AvgIpc) is 2.85. The molecule has 4 rings (SSSR count). The van der Waals surface area contributed by atoms with Crippen LogP contribution < -0.4 is 9.80 Å². The zero-order valence-corrected chi connectivity index (χ0v) is 22.1. The molecule has 2 aromatic heterocycles. The summed E-state index contributed by atoms with van der Waals surface area (Å²) in [4.78, 5) is 13.5. The van der Waals surface area contributed by atoms with Crippen LogP contribution in [0.25, 0.3) is 0 Å². The van der Waals surface area contributed by atoms with Crippen LogP contribution in [0.2, 0.25) is 10.0 Å². The summed E-state index contributed by atoms with van der Waals surface area (Å²) in [6, 6.07) is 7.48. The third kappa shape index (κ3) is 9.37. The van der Waals surface area contributed by atoms with Crippen LogP contribution in [-0.2, 0) is 27.1 Å². The van der Waals surface area contributed by atoms with Crippen LogP contribution in [0.4, 0.5) is 11.6 Å². The minimum absolute atomic E-state index is 0.0931. The molecule has 2 aromatic rings. The molecule has 0 aromatic carbocycles. The van der Waals surface area contributed by atoms with Crippen LogP contribution in [0, 0.1) is 0 Å². The van der Waals surface area contributed by atoms with E-state index in [4.69, 9.17) is 42.5 Å². The van der Waals surface area contributed by atoms with Crippen molar-refractivity contribution < 1.29 is 19.3 Å². The normalized spacial score (nSPS) is 17.1. The number of aliphatic hydroxyl groups excluding tert-OH is 1. The minimum atomic E-state index is 0.0931. The highest BCUT2D eigenvalue weighted by molar-refractivity contribution is 6.31. The largest absolute Gasteiger partial charge is 0.396 e. The monoisotopic (exact) mass is 526 g/mol. The van der Waals surface area contributed by atoms with E-state index >= 15 is 0 Å². The molecular weight excluding hydrogens is 491 g/mol. The number of aliphatic hydroxyl groups is 1. The van der Waals surface area contributed by atoms with E-state index in [2.05, 4.69) is 26.7 Å². The second kappa shape index (κ2) is 14.8. The number of ether oxygens (including phenoxy) is 3. The Bertz CT molecular complexity index is 909. The fraction of sp³-hybridized carbons (Fsp3) is 0.600. The molecule has 2 aliphatic heterocycles. The van der Waals surface area contributed by atoms with Gasteiger partial charge in [-0.2, -0.15) is 0 Å². The number of rotatable bonds is 8. The number of morpholine rings is 2. The molecule has 0 amide bonds. The average molecular weight is 527 g/mol. The Balaban J connectivity index is 0.000000198. The number of halogens is 2. The van der Waals surface area contributed by atoms with Crippen molar-refractivity contribution in [3.8, 4) is 0 Å². The molecule has 2 saturated heterocycles. The molecule has 0 aliphatic carbocycles. The molecule has 10 heteroatoms. The maximum Gasteiger partial charge on any atom is 0.130 e. The van der Waals surface area contributed by atoms with Gasteiger partial charge in [-0.25, -0.2) is 9.97 Å². The molecule has 1 unspecified atom stereocenters. The predicted octanol–water partition coefficient (Wildman–Crippen LogP) is 3.65. The van der Waals surface area contributed by atoms with Crippen molar-refractivity contribution in [1.82, 2.24) is 9.97 Å². The van der Waals surface area contributed by atoms with E-state index in [1.165, 1.54) is 0 Å². The standard InChI is InChI=1S/C14H21ClN2O2.C11H15ClN2O2/c1-3-19-11(2)8-13-9-12(15)10-14(16-13)17-4-6-18-7-5-17;12-9-7-10(1-4-15)13-11(8-9)14-2-5-16-6-3-14/h9-11H,3-8H2,1-2H3;7-8,15H,1-6H2. The molecule has 1 N–H and O–H groups in total. The molecule has 0 radical (unpaired) electrons. The lowest BCUT2D eigenvalue weighted by atomic mass is 10.2. The molecule has 0 saturated carbocycles. The number of aromatic nitrogens is 2. The molecule has 8 nitrogen and oxygen atoms in total. The number of hydrogen-bond acceptors (Lipinski definition) is 8. The molecule has 0 spiro atoms. The Labute approximate surface area is 218 Å². The van der Waals surface area contributed by atoms with Gasteiger partial charge >= 0.3 is 0 Å². The zero-order chi connectivity index (χ0) is 25.0. The number of hydrogen-bond donors (Lipinski definition) is 1. The third-order valence-corrected chi connectivity index (χ3v) is 6.08. The molecule has 2 fully saturated rings.